The molecule has 0 aromatic carbocycles. The Morgan fingerprint density at radius 1 is 1.22 bits per heavy atom. The zero-order chi connectivity index (χ0) is 15.8. The molecule has 0 radical (unpaired) electrons. The number of guanidine groups is 1. The van der Waals surface area contributed by atoms with Gasteiger partial charge in [-0.25, -0.2) is 0 Å². The maximum absolute atomic E-state index is 5.17. The van der Waals surface area contributed by atoms with E-state index in [4.69, 9.17) is 4.74 Å². The molecule has 2 fully saturated rings. The zero-order valence-corrected chi connectivity index (χ0v) is 17.4. The second kappa shape index (κ2) is 11.5. The summed E-state index contributed by atoms with van der Waals surface area (Å²) in [5.41, 5.74) is 0. The van der Waals surface area contributed by atoms with Crippen molar-refractivity contribution in [3.05, 3.63) is 0 Å². The van der Waals surface area contributed by atoms with Gasteiger partial charge in [-0.1, -0.05) is 6.92 Å². The van der Waals surface area contributed by atoms with Crippen LogP contribution < -0.4 is 5.32 Å². The maximum atomic E-state index is 5.17. The summed E-state index contributed by atoms with van der Waals surface area (Å²) in [5.74, 6) is 2.67. The first-order valence-corrected chi connectivity index (χ1v) is 8.89. The first-order chi connectivity index (χ1) is 10.7. The van der Waals surface area contributed by atoms with E-state index in [-0.39, 0.29) is 24.0 Å². The first kappa shape index (κ1) is 21.0. The molecule has 0 spiro atoms. The lowest BCUT2D eigenvalue weighted by Crippen LogP contribution is -2.48. The Morgan fingerprint density at radius 3 is 2.57 bits per heavy atom. The van der Waals surface area contributed by atoms with Crippen LogP contribution in [-0.4, -0.2) is 75.8 Å². The lowest BCUT2D eigenvalue weighted by molar-refractivity contribution is 0.120. The first-order valence-electron chi connectivity index (χ1n) is 8.89. The number of nitrogens with zero attached hydrogens (tertiary/aromatic N) is 3. The van der Waals surface area contributed by atoms with Crippen molar-refractivity contribution >= 4 is 29.9 Å². The monoisotopic (exact) mass is 438 g/mol. The van der Waals surface area contributed by atoms with Gasteiger partial charge in [-0.15, -0.1) is 24.0 Å². The van der Waals surface area contributed by atoms with Gasteiger partial charge in [0.25, 0.3) is 0 Å². The maximum Gasteiger partial charge on any atom is 0.193 e. The highest BCUT2D eigenvalue weighted by atomic mass is 127. The average Bonchev–Trinajstić information content (AvgIpc) is 2.55. The molecule has 1 N–H and O–H groups in total. The third-order valence-corrected chi connectivity index (χ3v) is 5.04. The normalized spacial score (nSPS) is 24.4. The van der Waals surface area contributed by atoms with Crippen molar-refractivity contribution < 1.29 is 4.74 Å². The van der Waals surface area contributed by atoms with Crippen LogP contribution in [0.4, 0.5) is 0 Å². The third-order valence-electron chi connectivity index (χ3n) is 5.04. The molecule has 2 aliphatic rings. The summed E-state index contributed by atoms with van der Waals surface area (Å²) in [7, 11) is 3.69. The Balaban J connectivity index is 0.00000264. The van der Waals surface area contributed by atoms with E-state index in [1.54, 1.807) is 7.11 Å². The molecule has 0 bridgehead atoms. The van der Waals surface area contributed by atoms with E-state index in [2.05, 4.69) is 27.0 Å². The van der Waals surface area contributed by atoms with Crippen LogP contribution >= 0.6 is 24.0 Å². The summed E-state index contributed by atoms with van der Waals surface area (Å²) in [4.78, 5) is 9.44. The number of hydrogen-bond donors (Lipinski definition) is 1. The van der Waals surface area contributed by atoms with E-state index in [1.165, 1.54) is 38.8 Å². The molecular formula is C17H35IN4O. The molecule has 0 saturated carbocycles. The van der Waals surface area contributed by atoms with Crippen LogP contribution in [-0.2, 0) is 4.74 Å². The quantitative estimate of drug-likeness (QED) is 0.406. The highest BCUT2D eigenvalue weighted by Crippen LogP contribution is 2.18. The van der Waals surface area contributed by atoms with Gasteiger partial charge in [-0.05, 0) is 50.6 Å². The third kappa shape index (κ3) is 7.13. The Labute approximate surface area is 159 Å². The van der Waals surface area contributed by atoms with E-state index in [0.29, 0.717) is 0 Å². The minimum Gasteiger partial charge on any atom is -0.383 e. The number of nitrogens with one attached hydrogen (secondary N) is 1. The van der Waals surface area contributed by atoms with Crippen LogP contribution in [0.2, 0.25) is 0 Å². The lowest BCUT2D eigenvalue weighted by Gasteiger charge is -2.35. The number of hydrogen-bond acceptors (Lipinski definition) is 3. The van der Waals surface area contributed by atoms with Gasteiger partial charge in [0, 0.05) is 40.3 Å². The van der Waals surface area contributed by atoms with Crippen LogP contribution in [0.5, 0.6) is 0 Å². The Hall–Kier alpha value is -0.0800. The van der Waals surface area contributed by atoms with E-state index >= 15 is 0 Å². The topological polar surface area (TPSA) is 40.1 Å². The van der Waals surface area contributed by atoms with Crippen molar-refractivity contribution in [2.24, 2.45) is 16.8 Å². The van der Waals surface area contributed by atoms with Crippen LogP contribution in [0.25, 0.3) is 0 Å². The van der Waals surface area contributed by atoms with Crippen molar-refractivity contribution in [1.29, 1.82) is 0 Å². The van der Waals surface area contributed by atoms with E-state index in [1.807, 2.05) is 7.05 Å². The lowest BCUT2D eigenvalue weighted by atomic mass is 9.97. The number of rotatable bonds is 5. The van der Waals surface area contributed by atoms with Crippen LogP contribution in [0, 0.1) is 11.8 Å². The molecule has 6 heteroatoms. The summed E-state index contributed by atoms with van der Waals surface area (Å²) in [6.07, 6.45) is 5.21. The summed E-state index contributed by atoms with van der Waals surface area (Å²) in [6.45, 7) is 10.0. The fourth-order valence-corrected chi connectivity index (χ4v) is 3.58. The van der Waals surface area contributed by atoms with Crippen molar-refractivity contribution in [3.63, 3.8) is 0 Å². The van der Waals surface area contributed by atoms with Gasteiger partial charge in [0.15, 0.2) is 5.96 Å². The van der Waals surface area contributed by atoms with Gasteiger partial charge in [0.2, 0.25) is 0 Å². The molecule has 2 aliphatic heterocycles. The van der Waals surface area contributed by atoms with E-state index < -0.39 is 0 Å². The van der Waals surface area contributed by atoms with Gasteiger partial charge in [0.1, 0.15) is 0 Å². The Morgan fingerprint density at radius 2 is 1.96 bits per heavy atom. The van der Waals surface area contributed by atoms with Gasteiger partial charge in [0.05, 0.1) is 6.61 Å². The Kier molecular flexibility index (Phi) is 10.5. The zero-order valence-electron chi connectivity index (χ0n) is 15.1. The van der Waals surface area contributed by atoms with Crippen LogP contribution in [0.15, 0.2) is 4.99 Å². The van der Waals surface area contributed by atoms with Crippen molar-refractivity contribution in [1.82, 2.24) is 15.1 Å². The molecule has 1 atom stereocenters. The smallest absolute Gasteiger partial charge is 0.193 e. The molecule has 0 amide bonds. The summed E-state index contributed by atoms with van der Waals surface area (Å²) < 4.78 is 5.17. The van der Waals surface area contributed by atoms with Crippen molar-refractivity contribution in [3.8, 4) is 0 Å². The van der Waals surface area contributed by atoms with Crippen LogP contribution in [0.1, 0.15) is 32.6 Å². The number of likely N-dealkylation sites (tertiary alicyclic amines) is 2. The molecule has 0 aliphatic carbocycles. The Bertz CT molecular complexity index is 345. The molecule has 2 rings (SSSR count). The SMILES string of the molecule is CN=C(NCC1CCN(CCOC)CC1)N1CCCC(C)C1.I. The van der Waals surface area contributed by atoms with E-state index in [0.717, 1.165) is 50.6 Å². The number of piperidine rings is 2. The average molecular weight is 438 g/mol. The fraction of sp³-hybridized carbons (Fsp3) is 0.941. The van der Waals surface area contributed by atoms with Crippen molar-refractivity contribution in [2.45, 2.75) is 32.6 Å². The molecular weight excluding hydrogens is 403 g/mol. The fourth-order valence-electron chi connectivity index (χ4n) is 3.58. The summed E-state index contributed by atoms with van der Waals surface area (Å²) in [6, 6.07) is 0. The molecule has 1 unspecified atom stereocenters. The minimum absolute atomic E-state index is 0. The highest BCUT2D eigenvalue weighted by molar-refractivity contribution is 14.0. The van der Waals surface area contributed by atoms with Gasteiger partial charge in [-0.2, -0.15) is 0 Å². The minimum atomic E-state index is 0. The van der Waals surface area contributed by atoms with Crippen LogP contribution in [0.3, 0.4) is 0 Å². The highest BCUT2D eigenvalue weighted by Gasteiger charge is 2.22. The van der Waals surface area contributed by atoms with Gasteiger partial charge < -0.3 is 19.9 Å². The number of methoxy groups -OCH3 is 1. The number of aliphatic imine (C=N–C) groups is 1. The molecule has 136 valence electrons. The van der Waals surface area contributed by atoms with E-state index in [9.17, 15) is 0 Å². The molecule has 0 aromatic heterocycles. The second-order valence-electron chi connectivity index (χ2n) is 6.90. The molecule has 2 heterocycles. The molecule has 2 saturated heterocycles. The summed E-state index contributed by atoms with van der Waals surface area (Å²) >= 11 is 0. The molecule has 0 aromatic rings. The largest absolute Gasteiger partial charge is 0.383 e. The second-order valence-corrected chi connectivity index (χ2v) is 6.90. The number of ether oxygens (including phenoxy) is 1. The van der Waals surface area contributed by atoms with Crippen molar-refractivity contribution in [2.75, 3.05) is 60.0 Å². The predicted octanol–water partition coefficient (Wildman–Crippen LogP) is 2.27. The summed E-state index contributed by atoms with van der Waals surface area (Å²) in [5, 5.41) is 3.62. The molecule has 23 heavy (non-hydrogen) atoms. The predicted molar refractivity (Wildman–Crippen MR) is 108 cm³/mol. The van der Waals surface area contributed by atoms with Gasteiger partial charge in [-0.3, -0.25) is 4.99 Å². The number of halogens is 1. The standard InChI is InChI=1S/C17H34N4O.HI/c1-15-5-4-8-21(14-15)17(18-2)19-13-16-6-9-20(10-7-16)11-12-22-3;/h15-16H,4-14H2,1-3H3,(H,18,19);1H. The van der Waals surface area contributed by atoms with Gasteiger partial charge >= 0.3 is 0 Å². The molecule has 5 nitrogen and oxygen atoms in total.